The van der Waals surface area contributed by atoms with E-state index in [1.807, 2.05) is 0 Å². The summed E-state index contributed by atoms with van der Waals surface area (Å²) in [7, 11) is -4.75. The van der Waals surface area contributed by atoms with Crippen LogP contribution < -0.4 is 15.3 Å². The van der Waals surface area contributed by atoms with Gasteiger partial charge in [-0.2, -0.15) is 19.4 Å². The Morgan fingerprint density at radius 2 is 1.76 bits per heavy atom. The summed E-state index contributed by atoms with van der Waals surface area (Å²) in [6, 6.07) is 9.00. The van der Waals surface area contributed by atoms with Gasteiger partial charge in [0.2, 0.25) is 0 Å². The number of nitrogens with zero attached hydrogens (tertiary/aromatic N) is 4. The molecular weight excluding hydrogens is 780 g/mol. The fraction of sp³-hybridized carbons (Fsp3) is 0.475. The molecule has 0 amide bonds. The van der Waals surface area contributed by atoms with Crippen LogP contribution in [0.25, 0.3) is 11.2 Å². The molecule has 4 aromatic rings. The number of carbonyl (C=O) groups excluding carboxylic acids is 2. The van der Waals surface area contributed by atoms with Crippen LogP contribution in [0.4, 0.5) is 19.0 Å². The van der Waals surface area contributed by atoms with Gasteiger partial charge in [0.05, 0.1) is 12.4 Å². The molecule has 0 radical (unpaired) electrons. The van der Waals surface area contributed by atoms with Gasteiger partial charge in [-0.15, -0.1) is 6.42 Å². The number of nitrogens with two attached hydrogens (primary N) is 1. The van der Waals surface area contributed by atoms with Crippen molar-refractivity contribution in [3.8, 4) is 18.1 Å². The van der Waals surface area contributed by atoms with E-state index in [1.165, 1.54) is 23.0 Å². The topological polar surface area (TPSA) is 179 Å². The maximum Gasteiger partial charge on any atom is 0.459 e. The third-order valence-electron chi connectivity index (χ3n) is 9.25. The van der Waals surface area contributed by atoms with E-state index < -0.39 is 80.5 Å². The third kappa shape index (κ3) is 11.8. The molecule has 3 N–H and O–H groups in total. The highest BCUT2D eigenvalue weighted by Crippen LogP contribution is 2.49. The van der Waals surface area contributed by atoms with Gasteiger partial charge >= 0.3 is 25.8 Å². The number of halogens is 3. The first-order chi connectivity index (χ1) is 27.7. The van der Waals surface area contributed by atoms with E-state index in [1.54, 1.807) is 32.0 Å². The minimum atomic E-state index is -4.75. The molecule has 3 heterocycles. The molecule has 58 heavy (non-hydrogen) atoms. The van der Waals surface area contributed by atoms with E-state index in [4.69, 9.17) is 35.4 Å². The van der Waals surface area contributed by atoms with Crippen molar-refractivity contribution in [1.29, 1.82) is 0 Å². The van der Waals surface area contributed by atoms with Gasteiger partial charge in [-0.1, -0.05) is 69.6 Å². The number of nitrogen functional groups attached to an aromatic ring is 1. The molecule has 14 nitrogen and oxygen atoms in total. The number of benzene rings is 2. The minimum Gasteiger partial charge on any atom is -0.462 e. The van der Waals surface area contributed by atoms with Crippen LogP contribution in [0, 0.1) is 30.1 Å². The predicted molar refractivity (Wildman–Crippen MR) is 207 cm³/mol. The smallest absolute Gasteiger partial charge is 0.459 e. The van der Waals surface area contributed by atoms with Crippen molar-refractivity contribution in [2.24, 2.45) is 0 Å². The summed E-state index contributed by atoms with van der Waals surface area (Å²) in [5.41, 5.74) is 4.00. The Bertz CT molecular complexity index is 2100. The van der Waals surface area contributed by atoms with Crippen molar-refractivity contribution >= 4 is 36.7 Å². The van der Waals surface area contributed by atoms with Crippen LogP contribution in [-0.2, 0) is 39.3 Å². The number of fused-ring (bicyclic) bond motifs is 1. The Morgan fingerprint density at radius 3 is 2.43 bits per heavy atom. The zero-order valence-electron chi connectivity index (χ0n) is 32.6. The first-order valence-electron chi connectivity index (χ1n) is 19.2. The van der Waals surface area contributed by atoms with Gasteiger partial charge in [-0.3, -0.25) is 18.7 Å². The lowest BCUT2D eigenvalue weighted by Crippen LogP contribution is -2.46. The maximum absolute atomic E-state index is 14.8. The number of carbonyl (C=O) groups is 2. The van der Waals surface area contributed by atoms with Crippen molar-refractivity contribution in [3.63, 3.8) is 0 Å². The van der Waals surface area contributed by atoms with E-state index >= 15 is 0 Å². The monoisotopic (exact) mass is 828 g/mol. The van der Waals surface area contributed by atoms with Gasteiger partial charge in [0.25, 0.3) is 0 Å². The molecular formula is C40H48F3N6O8P. The lowest BCUT2D eigenvalue weighted by Gasteiger charge is -2.31. The number of hydrogen-bond donors (Lipinski definition) is 2. The standard InChI is InChI=1S/C40H48F3N6O8P/c1-5-7-8-9-10-11-15-18-34(50)55-32-23-33(49-25-45-35-36(44)46-39(43)47-37(35)49)56-40(32,6-2)24-53-58(52,57-30-16-13-12-14-17-30)48-31(38(51)54-26(3)4)21-27-19-28(41)22-29(42)20-27/h2,12-14,16-17,19-20,22,25-26,31-33H,5,7-11,15,18,21,23-24H2,1,3-4H3,(H,48,52)(H2,44,46,47)/t31?,32?,33?,40?,58-/m0/s1. The maximum atomic E-state index is 14.8. The van der Waals surface area contributed by atoms with Gasteiger partial charge in [-0.05, 0) is 56.5 Å². The predicted octanol–water partition coefficient (Wildman–Crippen LogP) is 7.53. The summed E-state index contributed by atoms with van der Waals surface area (Å²) >= 11 is 0. The molecule has 5 rings (SSSR count). The number of aromatic nitrogens is 4. The number of imidazole rings is 1. The summed E-state index contributed by atoms with van der Waals surface area (Å²) in [4.78, 5) is 38.3. The first-order valence-corrected chi connectivity index (χ1v) is 20.7. The molecule has 0 bridgehead atoms. The number of anilines is 1. The third-order valence-corrected chi connectivity index (χ3v) is 10.8. The van der Waals surface area contributed by atoms with Crippen LogP contribution >= 0.6 is 7.75 Å². The van der Waals surface area contributed by atoms with Crippen molar-refractivity contribution in [2.45, 2.75) is 115 Å². The van der Waals surface area contributed by atoms with Crippen molar-refractivity contribution in [2.75, 3.05) is 12.3 Å². The Kier molecular flexibility index (Phi) is 15.3. The van der Waals surface area contributed by atoms with Gasteiger partial charge in [-0.25, -0.2) is 18.3 Å². The number of nitrogens with one attached hydrogen (secondary N) is 1. The van der Waals surface area contributed by atoms with Crippen LogP contribution in [0.5, 0.6) is 5.75 Å². The first kappa shape index (κ1) is 44.1. The summed E-state index contributed by atoms with van der Waals surface area (Å²) in [6.45, 7) is 4.55. The average Bonchev–Trinajstić information content (AvgIpc) is 3.75. The molecule has 4 unspecified atom stereocenters. The van der Waals surface area contributed by atoms with Gasteiger partial charge < -0.3 is 24.5 Å². The number of ether oxygens (including phenoxy) is 3. The van der Waals surface area contributed by atoms with Crippen LogP contribution in [0.1, 0.15) is 90.3 Å². The zero-order valence-corrected chi connectivity index (χ0v) is 33.5. The molecule has 18 heteroatoms. The molecule has 0 spiro atoms. The fourth-order valence-electron chi connectivity index (χ4n) is 6.46. The molecule has 2 aromatic heterocycles. The average molecular weight is 829 g/mol. The molecule has 5 atom stereocenters. The minimum absolute atomic E-state index is 0.0306. The second-order valence-corrected chi connectivity index (χ2v) is 15.9. The van der Waals surface area contributed by atoms with E-state index in [9.17, 15) is 27.3 Å². The number of rotatable bonds is 21. The van der Waals surface area contributed by atoms with Gasteiger partial charge in [0.15, 0.2) is 22.6 Å². The fourth-order valence-corrected chi connectivity index (χ4v) is 7.98. The number of unbranched alkanes of at least 4 members (excludes halogenated alkanes) is 6. The van der Waals surface area contributed by atoms with Gasteiger partial charge in [0.1, 0.15) is 42.4 Å². The Hall–Kier alpha value is -5.01. The Labute approximate surface area is 334 Å². The quantitative estimate of drug-likeness (QED) is 0.0277. The molecule has 1 fully saturated rings. The molecule has 2 aromatic carbocycles. The SMILES string of the molecule is C#CC1(CO[P@@](=O)(NC(Cc2cc(F)cc(F)c2)C(=O)OC(C)C)Oc2ccccc2)OC(n2cnc3c(N)nc(F)nc32)CC1OC(=O)CCCCCCCCC. The Morgan fingerprint density at radius 1 is 1.07 bits per heavy atom. The molecule has 0 aliphatic carbocycles. The number of hydrogen-bond acceptors (Lipinski definition) is 12. The van der Waals surface area contributed by atoms with Gasteiger partial charge in [0, 0.05) is 18.9 Å². The van der Waals surface area contributed by atoms with E-state index in [-0.39, 0.29) is 41.1 Å². The number of para-hydroxylation sites is 1. The summed E-state index contributed by atoms with van der Waals surface area (Å²) in [5.74, 6) is -0.958. The summed E-state index contributed by atoms with van der Waals surface area (Å²) < 4.78 is 88.6. The van der Waals surface area contributed by atoms with Crippen LogP contribution in [-0.4, -0.2) is 61.9 Å². The number of terminal acetylenes is 1. The zero-order chi connectivity index (χ0) is 41.9. The molecule has 1 aliphatic rings. The molecule has 312 valence electrons. The summed E-state index contributed by atoms with van der Waals surface area (Å²) in [5, 5.41) is 2.59. The Balaban J connectivity index is 1.45. The largest absolute Gasteiger partial charge is 0.462 e. The van der Waals surface area contributed by atoms with E-state index in [0.717, 1.165) is 50.7 Å². The second-order valence-electron chi connectivity index (χ2n) is 14.2. The van der Waals surface area contributed by atoms with Crippen LogP contribution in [0.15, 0.2) is 54.9 Å². The lowest BCUT2D eigenvalue weighted by atomic mass is 9.98. The summed E-state index contributed by atoms with van der Waals surface area (Å²) in [6.07, 6.45) is 9.69. The van der Waals surface area contributed by atoms with Crippen molar-refractivity contribution in [3.05, 3.63) is 78.1 Å². The highest BCUT2D eigenvalue weighted by molar-refractivity contribution is 7.52. The van der Waals surface area contributed by atoms with Crippen LogP contribution in [0.3, 0.4) is 0 Å². The van der Waals surface area contributed by atoms with E-state index in [0.29, 0.717) is 12.5 Å². The lowest BCUT2D eigenvalue weighted by molar-refractivity contribution is -0.158. The van der Waals surface area contributed by atoms with Crippen molar-refractivity contribution < 1.29 is 50.6 Å². The normalized spacial score (nSPS) is 19.4. The van der Waals surface area contributed by atoms with Crippen LogP contribution in [0.2, 0.25) is 0 Å². The van der Waals surface area contributed by atoms with Crippen molar-refractivity contribution in [1.82, 2.24) is 24.6 Å². The van der Waals surface area contributed by atoms with E-state index in [2.05, 4.69) is 32.9 Å². The molecule has 1 aliphatic heterocycles. The number of esters is 2. The molecule has 1 saturated heterocycles. The molecule has 0 saturated carbocycles. The second kappa shape index (κ2) is 20.1. The highest BCUT2D eigenvalue weighted by atomic mass is 31.2. The highest BCUT2D eigenvalue weighted by Gasteiger charge is 2.53.